The first-order valence-electron chi connectivity index (χ1n) is 17.9. The molecule has 1 unspecified atom stereocenters. The second-order valence-electron chi connectivity index (χ2n) is 13.3. The molecule has 266 valence electrons. The number of nitrogens with zero attached hydrogens (tertiary/aromatic N) is 3. The summed E-state index contributed by atoms with van der Waals surface area (Å²) in [4.78, 5) is 42.5. The SMILES string of the molecule is O=C1CCc2ccc(O)c(c2)Oc2ccc3c(c2)CCN(C(=O)Cn2nc(-c4ccccc4)c4ccccc4c2=O)C3c2ccc(cc2)OCCCN1. The van der Waals surface area contributed by atoms with E-state index in [-0.39, 0.29) is 29.7 Å². The summed E-state index contributed by atoms with van der Waals surface area (Å²) in [6.45, 7) is 1.08. The van der Waals surface area contributed by atoms with Crippen LogP contribution in [-0.2, 0) is 29.0 Å². The number of hydrogen-bond donors (Lipinski definition) is 2. The van der Waals surface area contributed by atoms with Gasteiger partial charge in [0.1, 0.15) is 18.0 Å². The highest BCUT2D eigenvalue weighted by Gasteiger charge is 2.33. The van der Waals surface area contributed by atoms with Crippen molar-refractivity contribution in [1.29, 1.82) is 0 Å². The number of carbonyl (C=O) groups excluding carboxylic acids is 2. The van der Waals surface area contributed by atoms with Gasteiger partial charge in [0.15, 0.2) is 11.5 Å². The first kappa shape index (κ1) is 33.7. The monoisotopic (exact) mass is 706 g/mol. The second kappa shape index (κ2) is 14.7. The molecule has 1 atom stereocenters. The molecule has 6 aromatic rings. The highest BCUT2D eigenvalue weighted by molar-refractivity contribution is 5.94. The molecule has 10 heteroatoms. The van der Waals surface area contributed by atoms with Crippen LogP contribution < -0.4 is 20.3 Å². The molecule has 4 aliphatic rings. The maximum absolute atomic E-state index is 14.4. The molecule has 10 nitrogen and oxygen atoms in total. The summed E-state index contributed by atoms with van der Waals surface area (Å²) in [5.41, 5.74) is 4.85. The number of aromatic nitrogens is 2. The quantitative estimate of drug-likeness (QED) is 0.214. The summed E-state index contributed by atoms with van der Waals surface area (Å²) in [5, 5.41) is 19.6. The van der Waals surface area contributed by atoms with Gasteiger partial charge in [-0.2, -0.15) is 5.10 Å². The van der Waals surface area contributed by atoms with Gasteiger partial charge in [-0.25, -0.2) is 4.68 Å². The maximum atomic E-state index is 14.4. The highest BCUT2D eigenvalue weighted by Crippen LogP contribution is 2.39. The Morgan fingerprint density at radius 3 is 2.43 bits per heavy atom. The smallest absolute Gasteiger partial charge is 0.275 e. The number of aromatic hydroxyl groups is 1. The summed E-state index contributed by atoms with van der Waals surface area (Å²) in [6.07, 6.45) is 1.99. The number of rotatable bonds is 3. The van der Waals surface area contributed by atoms with E-state index < -0.39 is 6.04 Å². The lowest BCUT2D eigenvalue weighted by atomic mass is 9.87. The number of benzene rings is 5. The molecule has 4 aliphatic heterocycles. The van der Waals surface area contributed by atoms with Crippen molar-refractivity contribution in [2.24, 2.45) is 0 Å². The number of fused-ring (bicyclic) bond motifs is 2. The normalized spacial score (nSPS) is 16.0. The van der Waals surface area contributed by atoms with Gasteiger partial charge in [-0.15, -0.1) is 0 Å². The molecule has 0 aliphatic carbocycles. The van der Waals surface area contributed by atoms with Gasteiger partial charge < -0.3 is 24.8 Å². The van der Waals surface area contributed by atoms with Crippen LogP contribution in [0, 0.1) is 0 Å². The number of nitrogens with one attached hydrogen (secondary N) is 1. The molecule has 8 bridgehead atoms. The molecule has 1 aromatic heterocycles. The van der Waals surface area contributed by atoms with Crippen molar-refractivity contribution >= 4 is 22.6 Å². The Balaban J connectivity index is 1.16. The Morgan fingerprint density at radius 2 is 1.60 bits per heavy atom. The Bertz CT molecular complexity index is 2370. The molecule has 5 heterocycles. The number of amides is 2. The Labute approximate surface area is 306 Å². The van der Waals surface area contributed by atoms with Crippen molar-refractivity contribution in [3.05, 3.63) is 148 Å². The van der Waals surface area contributed by atoms with Crippen LogP contribution in [0.3, 0.4) is 0 Å². The zero-order chi connectivity index (χ0) is 36.3. The summed E-state index contributed by atoms with van der Waals surface area (Å²) in [7, 11) is 0. The molecule has 0 fully saturated rings. The third-order valence-corrected chi connectivity index (χ3v) is 9.86. The summed E-state index contributed by atoms with van der Waals surface area (Å²) in [6, 6.07) is 35.1. The molecule has 2 N–H and O–H groups in total. The average molecular weight is 707 g/mol. The molecule has 0 saturated carbocycles. The van der Waals surface area contributed by atoms with Crippen LogP contribution >= 0.6 is 0 Å². The topological polar surface area (TPSA) is 123 Å². The third-order valence-electron chi connectivity index (χ3n) is 9.86. The predicted octanol–water partition coefficient (Wildman–Crippen LogP) is 6.57. The molecule has 2 amide bonds. The Hall–Kier alpha value is -6.42. The molecule has 0 saturated heterocycles. The molecular formula is C43H38N4O6. The van der Waals surface area contributed by atoms with Gasteiger partial charge in [0.2, 0.25) is 11.8 Å². The van der Waals surface area contributed by atoms with Gasteiger partial charge >= 0.3 is 0 Å². The Kier molecular flexibility index (Phi) is 9.33. The van der Waals surface area contributed by atoms with Crippen LogP contribution in [0.5, 0.6) is 23.0 Å². The maximum Gasteiger partial charge on any atom is 0.275 e. The number of carbonyl (C=O) groups is 2. The number of phenols is 1. The fraction of sp³-hybridized carbons (Fsp3) is 0.209. The Morgan fingerprint density at radius 1 is 0.830 bits per heavy atom. The zero-order valence-corrected chi connectivity index (χ0v) is 29.0. The van der Waals surface area contributed by atoms with E-state index in [4.69, 9.17) is 14.6 Å². The van der Waals surface area contributed by atoms with Gasteiger partial charge in [0.05, 0.1) is 23.7 Å². The third kappa shape index (κ3) is 7.08. The van der Waals surface area contributed by atoms with E-state index in [2.05, 4.69) is 5.32 Å². The van der Waals surface area contributed by atoms with E-state index in [1.807, 2.05) is 95.9 Å². The fourth-order valence-electron chi connectivity index (χ4n) is 7.17. The van der Waals surface area contributed by atoms with E-state index >= 15 is 0 Å². The van der Waals surface area contributed by atoms with Crippen molar-refractivity contribution in [3.63, 3.8) is 0 Å². The van der Waals surface area contributed by atoms with Gasteiger partial charge in [-0.05, 0) is 84.0 Å². The minimum Gasteiger partial charge on any atom is -0.504 e. The largest absolute Gasteiger partial charge is 0.504 e. The zero-order valence-electron chi connectivity index (χ0n) is 29.0. The lowest BCUT2D eigenvalue weighted by Crippen LogP contribution is -2.43. The van der Waals surface area contributed by atoms with Crippen molar-refractivity contribution in [2.45, 2.75) is 38.3 Å². The standard InChI is InChI=1S/C43H38N4O6/c48-37-19-11-28-12-20-39(49)44-22-6-24-52-32-15-13-30(14-16-32)42-34-18-17-33(53-38(37)25-28)26-31(34)21-23-46(42)40(50)27-47-43(51)36-10-5-4-9-35(36)41(45-47)29-7-2-1-3-8-29/h1-5,7-11,13-19,25-26,42,48H,6,12,20-24,27H2,(H,44,49). The number of aryl methyl sites for hydroxylation is 1. The second-order valence-corrected chi connectivity index (χ2v) is 13.3. The van der Waals surface area contributed by atoms with Crippen molar-refractivity contribution < 1.29 is 24.2 Å². The molecular weight excluding hydrogens is 668 g/mol. The van der Waals surface area contributed by atoms with Crippen LogP contribution in [0.4, 0.5) is 0 Å². The summed E-state index contributed by atoms with van der Waals surface area (Å²) < 4.78 is 13.5. The van der Waals surface area contributed by atoms with Gasteiger partial charge in [0.25, 0.3) is 5.56 Å². The van der Waals surface area contributed by atoms with E-state index in [0.29, 0.717) is 73.7 Å². The molecule has 53 heavy (non-hydrogen) atoms. The molecule has 0 radical (unpaired) electrons. The van der Waals surface area contributed by atoms with Crippen LogP contribution in [0.15, 0.2) is 120 Å². The number of ether oxygens (including phenoxy) is 2. The van der Waals surface area contributed by atoms with Crippen LogP contribution in [0.2, 0.25) is 0 Å². The van der Waals surface area contributed by atoms with E-state index in [1.165, 1.54) is 4.68 Å². The van der Waals surface area contributed by atoms with E-state index in [1.54, 1.807) is 24.3 Å². The summed E-state index contributed by atoms with van der Waals surface area (Å²) in [5.74, 6) is 1.23. The lowest BCUT2D eigenvalue weighted by molar-refractivity contribution is -0.134. The van der Waals surface area contributed by atoms with E-state index in [0.717, 1.165) is 33.2 Å². The van der Waals surface area contributed by atoms with Crippen molar-refractivity contribution in [1.82, 2.24) is 20.0 Å². The van der Waals surface area contributed by atoms with Crippen molar-refractivity contribution in [2.75, 3.05) is 19.7 Å². The highest BCUT2D eigenvalue weighted by atomic mass is 16.5. The van der Waals surface area contributed by atoms with Gasteiger partial charge in [0, 0.05) is 30.5 Å². The first-order valence-corrected chi connectivity index (χ1v) is 17.9. The fourth-order valence-corrected chi connectivity index (χ4v) is 7.17. The van der Waals surface area contributed by atoms with E-state index in [9.17, 15) is 19.5 Å². The number of hydrogen-bond acceptors (Lipinski definition) is 7. The van der Waals surface area contributed by atoms with Crippen LogP contribution in [0.1, 0.15) is 41.1 Å². The predicted molar refractivity (Wildman–Crippen MR) is 201 cm³/mol. The van der Waals surface area contributed by atoms with Gasteiger partial charge in [-0.1, -0.05) is 72.8 Å². The first-order chi connectivity index (χ1) is 25.9. The van der Waals surface area contributed by atoms with Crippen LogP contribution in [0.25, 0.3) is 22.0 Å². The van der Waals surface area contributed by atoms with Gasteiger partial charge in [-0.3, -0.25) is 14.4 Å². The lowest BCUT2D eigenvalue weighted by Gasteiger charge is -2.38. The average Bonchev–Trinajstić information content (AvgIpc) is 3.19. The van der Waals surface area contributed by atoms with Crippen LogP contribution in [-0.4, -0.2) is 51.3 Å². The minimum atomic E-state index is -0.458. The molecule has 5 aromatic carbocycles. The molecule has 0 spiro atoms. The van der Waals surface area contributed by atoms with Crippen molar-refractivity contribution in [3.8, 4) is 34.3 Å². The minimum absolute atomic E-state index is 0.00276. The number of phenolic OH excluding ortho intramolecular Hbond substituents is 1. The molecule has 10 rings (SSSR count). The summed E-state index contributed by atoms with van der Waals surface area (Å²) >= 11 is 0.